The number of aryl methyl sites for hydroxylation is 1. The Morgan fingerprint density at radius 2 is 2.00 bits per heavy atom. The van der Waals surface area contributed by atoms with Gasteiger partial charge in [-0.2, -0.15) is 13.2 Å². The number of aromatic nitrogens is 2. The Hall–Kier alpha value is -2.16. The summed E-state index contributed by atoms with van der Waals surface area (Å²) < 4.78 is 37.8. The average Bonchev–Trinajstić information content (AvgIpc) is 2.47. The number of carbonyl (C=O) groups excluding carboxylic acids is 1. The highest BCUT2D eigenvalue weighted by Gasteiger charge is 2.31. The predicted molar refractivity (Wildman–Crippen MR) is 81.3 cm³/mol. The second-order valence-corrected chi connectivity index (χ2v) is 5.23. The van der Waals surface area contributed by atoms with Crippen LogP contribution >= 0.6 is 15.9 Å². The first-order valence-corrected chi connectivity index (χ1v) is 7.45. The van der Waals surface area contributed by atoms with Gasteiger partial charge in [-0.3, -0.25) is 4.79 Å². The van der Waals surface area contributed by atoms with Crippen LogP contribution < -0.4 is 5.32 Å². The molecule has 0 radical (unpaired) electrons. The van der Waals surface area contributed by atoms with Crippen LogP contribution in [0.3, 0.4) is 0 Å². The van der Waals surface area contributed by atoms with Crippen molar-refractivity contribution in [2.45, 2.75) is 13.1 Å². The highest BCUT2D eigenvalue weighted by Crippen LogP contribution is 2.36. The second-order valence-electron chi connectivity index (χ2n) is 4.67. The molecule has 0 aliphatic carbocycles. The van der Waals surface area contributed by atoms with Gasteiger partial charge < -0.3 is 10.4 Å². The number of carbonyl (C=O) groups is 1. The summed E-state index contributed by atoms with van der Waals surface area (Å²) in [4.78, 5) is 11.3. The van der Waals surface area contributed by atoms with E-state index in [-0.39, 0.29) is 28.3 Å². The maximum Gasteiger partial charge on any atom is 0.416 e. The molecule has 5 nitrogen and oxygen atoms in total. The van der Waals surface area contributed by atoms with Crippen molar-refractivity contribution in [1.29, 1.82) is 0 Å². The van der Waals surface area contributed by atoms with Crippen LogP contribution in [0.2, 0.25) is 0 Å². The minimum atomic E-state index is -4.54. The number of phenols is 1. The minimum Gasteiger partial charge on any atom is -0.507 e. The highest BCUT2D eigenvalue weighted by molar-refractivity contribution is 9.09. The lowest BCUT2D eigenvalue weighted by atomic mass is 10.0. The molecule has 0 aliphatic rings. The van der Waals surface area contributed by atoms with Crippen molar-refractivity contribution in [3.63, 3.8) is 0 Å². The quantitative estimate of drug-likeness (QED) is 0.787. The first-order chi connectivity index (χ1) is 10.7. The van der Waals surface area contributed by atoms with Gasteiger partial charge in [-0.1, -0.05) is 15.9 Å². The molecule has 1 aromatic heterocycles. The minimum absolute atomic E-state index is 0.0924. The number of alkyl halides is 4. The molecule has 9 heteroatoms. The number of nitrogens with one attached hydrogen (secondary N) is 1. The molecular formula is C14H11BrF3N3O2. The molecule has 122 valence electrons. The van der Waals surface area contributed by atoms with Gasteiger partial charge in [-0.25, -0.2) is 0 Å². The summed E-state index contributed by atoms with van der Waals surface area (Å²) in [6, 6.07) is 4.14. The third-order valence-electron chi connectivity index (χ3n) is 2.95. The number of halogens is 4. The third kappa shape index (κ3) is 3.98. The van der Waals surface area contributed by atoms with Gasteiger partial charge >= 0.3 is 6.18 Å². The molecule has 0 saturated carbocycles. The van der Waals surface area contributed by atoms with Gasteiger partial charge in [0.1, 0.15) is 5.75 Å². The van der Waals surface area contributed by atoms with Crippen LogP contribution in [-0.2, 0) is 11.0 Å². The van der Waals surface area contributed by atoms with Crippen molar-refractivity contribution < 1.29 is 23.1 Å². The maximum absolute atomic E-state index is 12.6. The van der Waals surface area contributed by atoms with Gasteiger partial charge in [0.15, 0.2) is 5.82 Å². The molecule has 2 aromatic rings. The van der Waals surface area contributed by atoms with Crippen LogP contribution in [0.5, 0.6) is 5.75 Å². The smallest absolute Gasteiger partial charge is 0.416 e. The number of aromatic hydroxyl groups is 1. The molecule has 1 amide bonds. The normalized spacial score (nSPS) is 11.3. The topological polar surface area (TPSA) is 75.1 Å². The molecule has 2 N–H and O–H groups in total. The van der Waals surface area contributed by atoms with Gasteiger partial charge in [-0.15, -0.1) is 10.2 Å². The van der Waals surface area contributed by atoms with Gasteiger partial charge in [0, 0.05) is 5.56 Å². The van der Waals surface area contributed by atoms with Crippen LogP contribution in [0.15, 0.2) is 24.3 Å². The molecule has 1 aromatic carbocycles. The molecule has 0 unspecified atom stereocenters. The van der Waals surface area contributed by atoms with Gasteiger partial charge in [-0.05, 0) is 36.8 Å². The Bertz CT molecular complexity index is 751. The predicted octanol–water partition coefficient (Wildman–Crippen LogP) is 3.51. The van der Waals surface area contributed by atoms with E-state index in [1.807, 2.05) is 0 Å². The van der Waals surface area contributed by atoms with Crippen molar-refractivity contribution in [2.24, 2.45) is 0 Å². The lowest BCUT2D eigenvalue weighted by molar-refractivity contribution is -0.137. The number of anilines is 1. The van der Waals surface area contributed by atoms with Crippen molar-refractivity contribution in [1.82, 2.24) is 10.2 Å². The Morgan fingerprint density at radius 1 is 1.30 bits per heavy atom. The standard InChI is InChI=1S/C14H11BrF3N3O2/c1-7-4-11(19-12(23)6-15)20-21-13(7)9-3-2-8(5-10(9)22)14(16,17)18/h2-5,22H,6H2,1H3,(H,19,20,23). The Morgan fingerprint density at radius 3 is 2.52 bits per heavy atom. The molecule has 1 heterocycles. The lowest BCUT2D eigenvalue weighted by Gasteiger charge is -2.11. The van der Waals surface area contributed by atoms with E-state index in [1.54, 1.807) is 6.92 Å². The van der Waals surface area contributed by atoms with Crippen LogP contribution in [0.4, 0.5) is 19.0 Å². The second kappa shape index (κ2) is 6.53. The lowest BCUT2D eigenvalue weighted by Crippen LogP contribution is -2.14. The SMILES string of the molecule is Cc1cc(NC(=O)CBr)nnc1-c1ccc(C(F)(F)F)cc1O. The number of rotatable bonds is 3. The third-order valence-corrected chi connectivity index (χ3v) is 3.46. The Labute approximate surface area is 137 Å². The fourth-order valence-electron chi connectivity index (χ4n) is 1.90. The number of amides is 1. The van der Waals surface area contributed by atoms with E-state index in [2.05, 4.69) is 31.4 Å². The number of nitrogens with zero attached hydrogens (tertiary/aromatic N) is 2. The summed E-state index contributed by atoms with van der Waals surface area (Å²) in [5, 5.41) is 20.1. The summed E-state index contributed by atoms with van der Waals surface area (Å²) in [5.41, 5.74) is -0.0556. The Balaban J connectivity index is 2.37. The fraction of sp³-hybridized carbons (Fsp3) is 0.214. The molecule has 0 fully saturated rings. The summed E-state index contributed by atoms with van der Waals surface area (Å²) in [5.74, 6) is -0.652. The largest absolute Gasteiger partial charge is 0.507 e. The monoisotopic (exact) mass is 389 g/mol. The van der Waals surface area contributed by atoms with E-state index in [0.29, 0.717) is 11.6 Å². The van der Waals surface area contributed by atoms with Gasteiger partial charge in [0.2, 0.25) is 5.91 Å². The number of benzene rings is 1. The molecular weight excluding hydrogens is 379 g/mol. The molecule has 23 heavy (non-hydrogen) atoms. The molecule has 0 aliphatic heterocycles. The summed E-state index contributed by atoms with van der Waals surface area (Å²) >= 11 is 2.99. The zero-order valence-electron chi connectivity index (χ0n) is 11.8. The number of phenolic OH excluding ortho intramolecular Hbond substituents is 1. The fourth-order valence-corrected chi connectivity index (χ4v) is 2.04. The number of hydrogen-bond acceptors (Lipinski definition) is 4. The van der Waals surface area contributed by atoms with Crippen molar-refractivity contribution in [3.05, 3.63) is 35.4 Å². The molecule has 2 rings (SSSR count). The summed E-state index contributed by atoms with van der Waals surface area (Å²) in [6.07, 6.45) is -4.54. The van der Waals surface area contributed by atoms with E-state index >= 15 is 0 Å². The summed E-state index contributed by atoms with van der Waals surface area (Å²) in [6.45, 7) is 1.64. The van der Waals surface area contributed by atoms with E-state index < -0.39 is 17.5 Å². The van der Waals surface area contributed by atoms with Crippen LogP contribution in [0, 0.1) is 6.92 Å². The maximum atomic E-state index is 12.6. The zero-order chi connectivity index (χ0) is 17.2. The van der Waals surface area contributed by atoms with E-state index in [1.165, 1.54) is 6.07 Å². The molecule has 0 bridgehead atoms. The highest BCUT2D eigenvalue weighted by atomic mass is 79.9. The first kappa shape index (κ1) is 17.2. The Kier molecular flexibility index (Phi) is 4.88. The average molecular weight is 390 g/mol. The first-order valence-electron chi connectivity index (χ1n) is 6.33. The zero-order valence-corrected chi connectivity index (χ0v) is 13.4. The van der Waals surface area contributed by atoms with Gasteiger partial charge in [0.05, 0.1) is 16.6 Å². The molecule has 0 spiro atoms. The molecule has 0 saturated heterocycles. The van der Waals surface area contributed by atoms with E-state index in [0.717, 1.165) is 12.1 Å². The number of hydrogen-bond donors (Lipinski definition) is 2. The van der Waals surface area contributed by atoms with Crippen LogP contribution in [-0.4, -0.2) is 26.5 Å². The van der Waals surface area contributed by atoms with Crippen molar-refractivity contribution in [3.8, 4) is 17.0 Å². The van der Waals surface area contributed by atoms with Gasteiger partial charge in [0.25, 0.3) is 0 Å². The van der Waals surface area contributed by atoms with Crippen LogP contribution in [0.1, 0.15) is 11.1 Å². The van der Waals surface area contributed by atoms with E-state index in [9.17, 15) is 23.1 Å². The van der Waals surface area contributed by atoms with Crippen molar-refractivity contribution >= 4 is 27.7 Å². The molecule has 0 atom stereocenters. The van der Waals surface area contributed by atoms with E-state index in [4.69, 9.17) is 0 Å². The van der Waals surface area contributed by atoms with Crippen molar-refractivity contribution in [2.75, 3.05) is 10.6 Å². The summed E-state index contributed by atoms with van der Waals surface area (Å²) in [7, 11) is 0. The van der Waals surface area contributed by atoms with Crippen LogP contribution in [0.25, 0.3) is 11.3 Å².